The maximum Gasteiger partial charge on any atom is 0.217 e. The maximum absolute atomic E-state index is 12.6. The molecular weight excluding hydrogens is 250 g/mol. The van der Waals surface area contributed by atoms with E-state index >= 15 is 0 Å². The van der Waals surface area contributed by atoms with Crippen molar-refractivity contribution in [3.8, 4) is 0 Å². The third-order valence-electron chi connectivity index (χ3n) is 4.15. The normalized spacial score (nSPS) is 27.5. The van der Waals surface area contributed by atoms with Crippen LogP contribution in [0.25, 0.3) is 0 Å². The van der Waals surface area contributed by atoms with E-state index in [1.807, 2.05) is 0 Å². The zero-order chi connectivity index (χ0) is 13.2. The third kappa shape index (κ3) is 2.94. The molecule has 2 aliphatic rings. The first-order chi connectivity index (χ1) is 8.51. The Morgan fingerprint density at radius 3 is 2.33 bits per heavy atom. The van der Waals surface area contributed by atoms with Gasteiger partial charge in [-0.3, -0.25) is 4.79 Å². The van der Waals surface area contributed by atoms with E-state index in [2.05, 4.69) is 0 Å². The van der Waals surface area contributed by atoms with E-state index < -0.39 is 10.0 Å². The molecule has 1 aliphatic heterocycles. The van der Waals surface area contributed by atoms with E-state index in [4.69, 9.17) is 0 Å². The monoisotopic (exact) mass is 273 g/mol. The van der Waals surface area contributed by atoms with Gasteiger partial charge in [0.2, 0.25) is 10.0 Å². The number of Topliss-reactive ketones (excluding diaryl/α,β-unsaturated/α-hetero) is 1. The standard InChI is InChI=1S/C13H23NO3S/c1-11(15)10-12-6-4-5-9-14(12)18(16,17)13-7-2-3-8-13/h12-13H,2-10H2,1H3. The summed E-state index contributed by atoms with van der Waals surface area (Å²) in [6.07, 6.45) is 6.83. The van der Waals surface area contributed by atoms with Gasteiger partial charge in [0.05, 0.1) is 5.25 Å². The van der Waals surface area contributed by atoms with Gasteiger partial charge in [-0.15, -0.1) is 0 Å². The van der Waals surface area contributed by atoms with E-state index in [0.29, 0.717) is 13.0 Å². The van der Waals surface area contributed by atoms with Crippen LogP contribution >= 0.6 is 0 Å². The Labute approximate surface area is 110 Å². The molecule has 0 aromatic rings. The molecule has 1 unspecified atom stereocenters. The first-order valence-electron chi connectivity index (χ1n) is 7.02. The van der Waals surface area contributed by atoms with Gasteiger partial charge in [-0.1, -0.05) is 19.3 Å². The average molecular weight is 273 g/mol. The van der Waals surface area contributed by atoms with Gasteiger partial charge in [-0.05, 0) is 32.6 Å². The lowest BCUT2D eigenvalue weighted by atomic mass is 10.0. The smallest absolute Gasteiger partial charge is 0.217 e. The number of piperidine rings is 1. The van der Waals surface area contributed by atoms with Crippen LogP contribution in [0.2, 0.25) is 0 Å². The molecule has 104 valence electrons. The van der Waals surface area contributed by atoms with Crippen LogP contribution in [0.3, 0.4) is 0 Å². The first kappa shape index (κ1) is 14.0. The molecule has 4 nitrogen and oxygen atoms in total. The van der Waals surface area contributed by atoms with Crippen molar-refractivity contribution in [1.82, 2.24) is 4.31 Å². The minimum atomic E-state index is -3.18. The lowest BCUT2D eigenvalue weighted by molar-refractivity contribution is -0.118. The quantitative estimate of drug-likeness (QED) is 0.788. The van der Waals surface area contributed by atoms with Gasteiger partial charge < -0.3 is 0 Å². The fourth-order valence-corrected chi connectivity index (χ4v) is 5.51. The van der Waals surface area contributed by atoms with E-state index in [9.17, 15) is 13.2 Å². The van der Waals surface area contributed by atoms with Crippen molar-refractivity contribution in [3.05, 3.63) is 0 Å². The summed E-state index contributed by atoms with van der Waals surface area (Å²) in [5.74, 6) is 0.0912. The summed E-state index contributed by atoms with van der Waals surface area (Å²) < 4.78 is 26.8. The number of hydrogen-bond donors (Lipinski definition) is 0. The Bertz CT molecular complexity index is 398. The van der Waals surface area contributed by atoms with Crippen LogP contribution in [-0.2, 0) is 14.8 Å². The molecule has 18 heavy (non-hydrogen) atoms. The van der Waals surface area contributed by atoms with Gasteiger partial charge in [-0.25, -0.2) is 8.42 Å². The van der Waals surface area contributed by atoms with E-state index in [1.54, 1.807) is 11.2 Å². The average Bonchev–Trinajstić information content (AvgIpc) is 2.82. The molecule has 0 radical (unpaired) electrons. The Kier molecular flexibility index (Phi) is 4.43. The summed E-state index contributed by atoms with van der Waals surface area (Å²) in [4.78, 5) is 11.3. The second kappa shape index (κ2) is 5.70. The molecule has 0 aromatic heterocycles. The van der Waals surface area contributed by atoms with Crippen molar-refractivity contribution < 1.29 is 13.2 Å². The number of hydrogen-bond acceptors (Lipinski definition) is 3. The molecule has 2 fully saturated rings. The second-order valence-corrected chi connectivity index (χ2v) is 7.78. The molecule has 1 heterocycles. The Morgan fingerprint density at radius 2 is 1.72 bits per heavy atom. The van der Waals surface area contributed by atoms with Gasteiger partial charge in [0, 0.05) is 19.0 Å². The highest BCUT2D eigenvalue weighted by molar-refractivity contribution is 7.89. The highest BCUT2D eigenvalue weighted by atomic mass is 32.2. The van der Waals surface area contributed by atoms with Crippen molar-refractivity contribution >= 4 is 15.8 Å². The zero-order valence-corrected chi connectivity index (χ0v) is 11.9. The molecular formula is C13H23NO3S. The summed E-state index contributed by atoms with van der Waals surface area (Å²) in [6.45, 7) is 2.16. The van der Waals surface area contributed by atoms with Crippen LogP contribution in [0.5, 0.6) is 0 Å². The number of carbonyl (C=O) groups excluding carboxylic acids is 1. The van der Waals surface area contributed by atoms with Gasteiger partial charge >= 0.3 is 0 Å². The van der Waals surface area contributed by atoms with Gasteiger partial charge in [0.1, 0.15) is 5.78 Å². The Balaban J connectivity index is 2.14. The molecule has 0 aromatic carbocycles. The van der Waals surface area contributed by atoms with Crippen molar-refractivity contribution in [1.29, 1.82) is 0 Å². The number of carbonyl (C=O) groups is 1. The number of sulfonamides is 1. The third-order valence-corrected chi connectivity index (χ3v) is 6.59. The fourth-order valence-electron chi connectivity index (χ4n) is 3.22. The summed E-state index contributed by atoms with van der Waals surface area (Å²) >= 11 is 0. The van der Waals surface area contributed by atoms with Gasteiger partial charge in [0.25, 0.3) is 0 Å². The zero-order valence-electron chi connectivity index (χ0n) is 11.1. The Hall–Kier alpha value is -0.420. The maximum atomic E-state index is 12.6. The summed E-state index contributed by atoms with van der Waals surface area (Å²) in [7, 11) is -3.18. The summed E-state index contributed by atoms with van der Waals surface area (Å²) in [5.41, 5.74) is 0. The van der Waals surface area contributed by atoms with Crippen LogP contribution in [0.1, 0.15) is 58.3 Å². The van der Waals surface area contributed by atoms with Gasteiger partial charge in [-0.2, -0.15) is 4.31 Å². The predicted molar refractivity (Wildman–Crippen MR) is 70.8 cm³/mol. The number of rotatable bonds is 4. The minimum absolute atomic E-state index is 0.0816. The SMILES string of the molecule is CC(=O)CC1CCCCN1S(=O)(=O)C1CCCC1. The van der Waals surface area contributed by atoms with Crippen LogP contribution < -0.4 is 0 Å². The molecule has 1 saturated carbocycles. The lowest BCUT2D eigenvalue weighted by Crippen LogP contribution is -2.47. The topological polar surface area (TPSA) is 54.5 Å². The highest BCUT2D eigenvalue weighted by Crippen LogP contribution is 2.31. The number of nitrogens with zero attached hydrogens (tertiary/aromatic N) is 1. The molecule has 1 atom stereocenters. The molecule has 0 N–H and O–H groups in total. The molecule has 1 aliphatic carbocycles. The second-order valence-electron chi connectivity index (χ2n) is 5.62. The summed E-state index contributed by atoms with van der Waals surface area (Å²) in [5, 5.41) is -0.190. The van der Waals surface area contributed by atoms with Crippen LogP contribution in [0, 0.1) is 0 Å². The van der Waals surface area contributed by atoms with Crippen molar-refractivity contribution in [2.75, 3.05) is 6.54 Å². The van der Waals surface area contributed by atoms with Crippen LogP contribution in [0.15, 0.2) is 0 Å². The minimum Gasteiger partial charge on any atom is -0.300 e. The van der Waals surface area contributed by atoms with Crippen molar-refractivity contribution in [2.24, 2.45) is 0 Å². The van der Waals surface area contributed by atoms with Crippen LogP contribution in [-0.4, -0.2) is 36.3 Å². The van der Waals surface area contributed by atoms with E-state index in [1.165, 1.54) is 0 Å². The van der Waals surface area contributed by atoms with Crippen molar-refractivity contribution in [3.63, 3.8) is 0 Å². The molecule has 2 rings (SSSR count). The summed E-state index contributed by atoms with van der Waals surface area (Å²) in [6, 6.07) is -0.0816. The lowest BCUT2D eigenvalue weighted by Gasteiger charge is -2.36. The first-order valence-corrected chi connectivity index (χ1v) is 8.52. The van der Waals surface area contributed by atoms with Crippen molar-refractivity contribution in [2.45, 2.75) is 69.6 Å². The molecule has 5 heteroatoms. The molecule has 0 bridgehead atoms. The molecule has 0 amide bonds. The largest absolute Gasteiger partial charge is 0.300 e. The highest BCUT2D eigenvalue weighted by Gasteiger charge is 2.39. The molecule has 0 spiro atoms. The fraction of sp³-hybridized carbons (Fsp3) is 0.923. The van der Waals surface area contributed by atoms with E-state index in [0.717, 1.165) is 44.9 Å². The number of ketones is 1. The molecule has 1 saturated heterocycles. The Morgan fingerprint density at radius 1 is 1.11 bits per heavy atom. The predicted octanol–water partition coefficient (Wildman–Crippen LogP) is 2.09. The van der Waals surface area contributed by atoms with E-state index in [-0.39, 0.29) is 17.1 Å². The van der Waals surface area contributed by atoms with Crippen LogP contribution in [0.4, 0.5) is 0 Å². The van der Waals surface area contributed by atoms with Gasteiger partial charge in [0.15, 0.2) is 0 Å².